The van der Waals surface area contributed by atoms with Gasteiger partial charge in [-0.15, -0.1) is 0 Å². The highest BCUT2D eigenvalue weighted by molar-refractivity contribution is 9.10. The molecule has 7 heteroatoms. The quantitative estimate of drug-likeness (QED) is 0.181. The van der Waals surface area contributed by atoms with E-state index in [1.165, 1.54) is 26.9 Å². The predicted molar refractivity (Wildman–Crippen MR) is 204 cm³/mol. The molecule has 0 amide bonds. The molecule has 0 radical (unpaired) electrons. The Bertz CT molecular complexity index is 3070. The zero-order chi connectivity index (χ0) is 32.2. The van der Waals surface area contributed by atoms with Crippen LogP contribution in [-0.4, -0.2) is 29.1 Å². The van der Waals surface area contributed by atoms with E-state index < -0.39 is 0 Å². The van der Waals surface area contributed by atoms with E-state index in [-0.39, 0.29) is 0 Å². The molecule has 0 N–H and O–H groups in total. The van der Waals surface area contributed by atoms with E-state index in [1.54, 1.807) is 0 Å². The van der Waals surface area contributed by atoms with Crippen LogP contribution in [0.15, 0.2) is 145 Å². The molecule has 49 heavy (non-hydrogen) atoms. The minimum atomic E-state index is 1.00. The van der Waals surface area contributed by atoms with Gasteiger partial charge in [-0.05, 0) is 116 Å². The Hall–Kier alpha value is -6.18. The lowest BCUT2D eigenvalue weighted by molar-refractivity contribution is 1.12. The number of hydrogen-bond acceptors (Lipinski definition) is 4. The van der Waals surface area contributed by atoms with Gasteiger partial charge in [-0.1, -0.05) is 12.1 Å². The molecular formula is C42H23BrN6. The van der Waals surface area contributed by atoms with Gasteiger partial charge in [0.05, 0.1) is 37.9 Å². The second kappa shape index (κ2) is 9.92. The average molecular weight is 692 g/mol. The van der Waals surface area contributed by atoms with Gasteiger partial charge in [-0.2, -0.15) is 0 Å². The van der Waals surface area contributed by atoms with Crippen molar-refractivity contribution in [2.45, 2.75) is 0 Å². The van der Waals surface area contributed by atoms with Crippen LogP contribution in [-0.2, 0) is 0 Å². The molecule has 11 aromatic rings. The van der Waals surface area contributed by atoms with Gasteiger partial charge in [-0.25, -0.2) is 0 Å². The molecule has 0 fully saturated rings. The van der Waals surface area contributed by atoms with E-state index in [0.717, 1.165) is 75.6 Å². The normalized spacial score (nSPS) is 12.2. The highest BCUT2D eigenvalue weighted by Gasteiger charge is 2.21. The third-order valence-electron chi connectivity index (χ3n) is 10.0. The van der Waals surface area contributed by atoms with Crippen LogP contribution in [0.25, 0.3) is 98.1 Å². The molecule has 6 aromatic heterocycles. The summed E-state index contributed by atoms with van der Waals surface area (Å²) in [6.45, 7) is 0. The molecule has 0 saturated heterocycles. The first-order valence-electron chi connectivity index (χ1n) is 16.1. The summed E-state index contributed by atoms with van der Waals surface area (Å²) in [6.07, 6.45) is 15.2. The van der Waals surface area contributed by atoms with Crippen molar-refractivity contribution in [2.24, 2.45) is 0 Å². The van der Waals surface area contributed by atoms with Gasteiger partial charge in [-0.3, -0.25) is 19.9 Å². The first-order valence-corrected chi connectivity index (χ1v) is 16.9. The minimum Gasteiger partial charge on any atom is -0.308 e. The van der Waals surface area contributed by atoms with E-state index >= 15 is 0 Å². The fourth-order valence-corrected chi connectivity index (χ4v) is 8.44. The largest absolute Gasteiger partial charge is 0.308 e. The van der Waals surface area contributed by atoms with Gasteiger partial charge >= 0.3 is 0 Å². The van der Waals surface area contributed by atoms with Crippen molar-refractivity contribution < 1.29 is 0 Å². The lowest BCUT2D eigenvalue weighted by Crippen LogP contribution is -2.01. The summed E-state index contributed by atoms with van der Waals surface area (Å²) in [4.78, 5) is 17.7. The molecule has 5 aromatic carbocycles. The zero-order valence-electron chi connectivity index (χ0n) is 25.8. The summed E-state index contributed by atoms with van der Waals surface area (Å²) in [5.41, 5.74) is 6.65. The van der Waals surface area contributed by atoms with Crippen molar-refractivity contribution in [1.29, 1.82) is 0 Å². The molecule has 0 atom stereocenters. The van der Waals surface area contributed by atoms with Gasteiger partial charge in [0.1, 0.15) is 0 Å². The molecule has 0 aliphatic heterocycles. The van der Waals surface area contributed by atoms with Crippen LogP contribution in [0.4, 0.5) is 0 Å². The summed E-state index contributed by atoms with van der Waals surface area (Å²) in [7, 11) is 0. The zero-order valence-corrected chi connectivity index (χ0v) is 27.4. The standard InChI is InChI=1S/C42H23BrN6/c43-42-36(48-35-5-4-27-20-47-13-9-31(27)41(35)34-16-30-23-46-12-8-26(30)19-40(34)48)2-1-3-37(42)49-38-17-24-6-10-44-21-28(24)14-32(38)33-15-29-22-45-11-7-25(29)18-39(33)49/h1-23H. The summed E-state index contributed by atoms with van der Waals surface area (Å²) in [6, 6.07) is 33.0. The first kappa shape index (κ1) is 26.8. The fourth-order valence-electron chi connectivity index (χ4n) is 7.82. The molecule has 11 rings (SSSR count). The number of rotatable bonds is 2. The average Bonchev–Trinajstić information content (AvgIpc) is 3.63. The number of aromatic nitrogens is 6. The van der Waals surface area contributed by atoms with Gasteiger partial charge in [0.15, 0.2) is 0 Å². The maximum atomic E-state index is 4.43. The fraction of sp³-hybridized carbons (Fsp3) is 0. The van der Waals surface area contributed by atoms with E-state index in [0.29, 0.717) is 0 Å². The van der Waals surface area contributed by atoms with Crippen LogP contribution in [0.5, 0.6) is 0 Å². The van der Waals surface area contributed by atoms with Crippen LogP contribution in [0, 0.1) is 0 Å². The van der Waals surface area contributed by atoms with Crippen LogP contribution < -0.4 is 0 Å². The number of benzene rings is 5. The first-order chi connectivity index (χ1) is 24.2. The number of pyridine rings is 4. The Morgan fingerprint density at radius 3 is 1.43 bits per heavy atom. The van der Waals surface area contributed by atoms with Crippen LogP contribution >= 0.6 is 15.9 Å². The van der Waals surface area contributed by atoms with Crippen LogP contribution in [0.2, 0.25) is 0 Å². The number of halogens is 1. The highest BCUT2D eigenvalue weighted by atomic mass is 79.9. The summed E-state index contributed by atoms with van der Waals surface area (Å²) < 4.78 is 5.80. The van der Waals surface area contributed by atoms with Gasteiger partial charge < -0.3 is 9.13 Å². The topological polar surface area (TPSA) is 61.4 Å². The molecule has 0 bridgehead atoms. The second-order valence-corrected chi connectivity index (χ2v) is 13.4. The van der Waals surface area contributed by atoms with E-state index in [4.69, 9.17) is 0 Å². The van der Waals surface area contributed by atoms with Crippen molar-refractivity contribution in [3.05, 3.63) is 145 Å². The lowest BCUT2D eigenvalue weighted by Gasteiger charge is -2.16. The lowest BCUT2D eigenvalue weighted by atomic mass is 10.0. The van der Waals surface area contributed by atoms with E-state index in [1.807, 2.05) is 49.6 Å². The van der Waals surface area contributed by atoms with Gasteiger partial charge in [0.25, 0.3) is 0 Å². The number of nitrogens with zero attached hydrogens (tertiary/aromatic N) is 6. The Morgan fingerprint density at radius 1 is 0.388 bits per heavy atom. The van der Waals surface area contributed by atoms with Crippen LogP contribution in [0.1, 0.15) is 0 Å². The smallest absolute Gasteiger partial charge is 0.0656 e. The van der Waals surface area contributed by atoms with Crippen molar-refractivity contribution in [2.75, 3.05) is 0 Å². The molecule has 0 aliphatic carbocycles. The summed E-state index contributed by atoms with van der Waals surface area (Å²) >= 11 is 4.18. The molecular weight excluding hydrogens is 668 g/mol. The highest BCUT2D eigenvalue weighted by Crippen LogP contribution is 2.43. The number of fused-ring (bicyclic) bond motifs is 11. The van der Waals surface area contributed by atoms with Gasteiger partial charge in [0, 0.05) is 92.7 Å². The molecule has 0 aliphatic rings. The summed E-state index contributed by atoms with van der Waals surface area (Å²) in [5.74, 6) is 0. The Labute approximate surface area is 287 Å². The van der Waals surface area contributed by atoms with Crippen molar-refractivity contribution >= 4 is 103 Å². The molecule has 228 valence electrons. The van der Waals surface area contributed by atoms with Crippen molar-refractivity contribution in [3.8, 4) is 11.4 Å². The number of hydrogen-bond donors (Lipinski definition) is 0. The SMILES string of the molecule is Brc1c(-n2c3cc4ccncc4cc3c3cc4cnccc4cc32)cccc1-n1c2cc3ccncc3cc2c2c3ccncc3ccc21. The predicted octanol–water partition coefficient (Wildman–Crippen LogP) is 10.8. The van der Waals surface area contributed by atoms with Crippen molar-refractivity contribution in [3.63, 3.8) is 0 Å². The second-order valence-electron chi connectivity index (χ2n) is 12.6. The maximum Gasteiger partial charge on any atom is 0.0656 e. The minimum absolute atomic E-state index is 1.00. The van der Waals surface area contributed by atoms with E-state index in [2.05, 4.69) is 136 Å². The molecule has 0 spiro atoms. The van der Waals surface area contributed by atoms with E-state index in [9.17, 15) is 0 Å². The Balaban J connectivity index is 1.28. The molecule has 6 nitrogen and oxygen atoms in total. The summed E-state index contributed by atoms with van der Waals surface area (Å²) in [5, 5.41) is 13.8. The third kappa shape index (κ3) is 3.76. The van der Waals surface area contributed by atoms with Crippen molar-refractivity contribution in [1.82, 2.24) is 29.1 Å². The third-order valence-corrected chi connectivity index (χ3v) is 10.8. The monoisotopic (exact) mass is 690 g/mol. The Kier molecular flexibility index (Phi) is 5.43. The molecule has 6 heterocycles. The Morgan fingerprint density at radius 2 is 0.857 bits per heavy atom. The van der Waals surface area contributed by atoms with Crippen LogP contribution in [0.3, 0.4) is 0 Å². The molecule has 0 saturated carbocycles. The van der Waals surface area contributed by atoms with Gasteiger partial charge in [0.2, 0.25) is 0 Å². The maximum absolute atomic E-state index is 4.43. The molecule has 0 unspecified atom stereocenters.